The van der Waals surface area contributed by atoms with E-state index in [4.69, 9.17) is 14.2 Å². The van der Waals surface area contributed by atoms with E-state index >= 15 is 0 Å². The number of rotatable bonds is 51. The topological polar surface area (TPSA) is 61.8 Å². The molecule has 0 aliphatic heterocycles. The molecule has 0 N–H and O–H groups in total. The van der Waals surface area contributed by atoms with Crippen LogP contribution < -0.4 is 0 Å². The van der Waals surface area contributed by atoms with E-state index in [9.17, 15) is 9.59 Å². The minimum atomic E-state index is -0.582. The third-order valence-corrected chi connectivity index (χ3v) is 11.9. The summed E-state index contributed by atoms with van der Waals surface area (Å²) in [5, 5.41) is 0. The van der Waals surface area contributed by atoms with Crippen LogP contribution in [0, 0.1) is 0 Å². The number of esters is 2. The predicted molar refractivity (Wildman–Crippen MR) is 288 cm³/mol. The monoisotopic (exact) mass is 919 g/mol. The maximum Gasteiger partial charge on any atom is 0.306 e. The van der Waals surface area contributed by atoms with Crippen molar-refractivity contribution in [2.24, 2.45) is 0 Å². The van der Waals surface area contributed by atoms with Gasteiger partial charge in [0.15, 0.2) is 6.10 Å². The lowest BCUT2D eigenvalue weighted by Crippen LogP contribution is -2.30. The Kier molecular flexibility index (Phi) is 53.9. The quantitative estimate of drug-likeness (QED) is 0.0346. The van der Waals surface area contributed by atoms with Crippen LogP contribution in [-0.4, -0.2) is 37.9 Å². The highest BCUT2D eigenvalue weighted by Crippen LogP contribution is 2.15. The van der Waals surface area contributed by atoms with Crippen molar-refractivity contribution in [3.63, 3.8) is 0 Å². The average molecular weight is 920 g/mol. The van der Waals surface area contributed by atoms with Crippen molar-refractivity contribution in [3.8, 4) is 0 Å². The summed E-state index contributed by atoms with van der Waals surface area (Å²) < 4.78 is 17.4. The van der Waals surface area contributed by atoms with Gasteiger partial charge in [0.05, 0.1) is 6.61 Å². The van der Waals surface area contributed by atoms with Crippen LogP contribution in [0.5, 0.6) is 0 Å². The zero-order chi connectivity index (χ0) is 47.7. The third kappa shape index (κ3) is 53.7. The molecule has 0 aliphatic rings. The van der Waals surface area contributed by atoms with Crippen LogP contribution in [0.3, 0.4) is 0 Å². The molecule has 0 fully saturated rings. The van der Waals surface area contributed by atoms with Gasteiger partial charge in [-0.2, -0.15) is 0 Å². The number of hydrogen-bond donors (Lipinski definition) is 0. The van der Waals surface area contributed by atoms with E-state index in [0.29, 0.717) is 25.9 Å². The van der Waals surface area contributed by atoms with Gasteiger partial charge in [0, 0.05) is 19.4 Å². The summed E-state index contributed by atoms with van der Waals surface area (Å²) >= 11 is 0. The number of ether oxygens (including phenoxy) is 3. The van der Waals surface area contributed by atoms with Gasteiger partial charge in [-0.25, -0.2) is 0 Å². The van der Waals surface area contributed by atoms with Crippen molar-refractivity contribution < 1.29 is 23.8 Å². The van der Waals surface area contributed by atoms with Crippen LogP contribution in [0.4, 0.5) is 0 Å². The highest BCUT2D eigenvalue weighted by atomic mass is 16.6. The number of unbranched alkanes of at least 4 members (excludes halogenated alkanes) is 26. The normalized spacial score (nSPS) is 12.8. The summed E-state index contributed by atoms with van der Waals surface area (Å²) in [6, 6.07) is 0. The Morgan fingerprint density at radius 3 is 1.15 bits per heavy atom. The molecule has 0 bridgehead atoms. The lowest BCUT2D eigenvalue weighted by molar-refractivity contribution is -0.162. The minimum absolute atomic E-state index is 0.0501. The third-order valence-electron chi connectivity index (χ3n) is 11.9. The standard InChI is InChI=1S/C61H106O5/c1-4-7-10-13-16-19-22-25-28-30-31-32-34-37-40-43-46-49-52-55-61(63)66-59(57-64-56-53-50-47-44-41-38-35-29-26-23-20-17-14-11-8-5-2)58-65-60(62)54-51-48-45-42-39-36-33-27-24-21-18-15-12-9-6-3/h7,10,16,19,25,27-28,31-33,37,40,46,49,59H,4-6,8-9,11-15,17-18,20-24,26,29-30,34-36,38-39,41-45,47-48,50-58H2,1-3H3/b10-7-,19-16-,28-25-,32-31-,33-27-,40-37-,49-46-/t59-/m1/s1. The van der Waals surface area contributed by atoms with Gasteiger partial charge in [-0.15, -0.1) is 0 Å². The van der Waals surface area contributed by atoms with Gasteiger partial charge in [-0.1, -0.05) is 254 Å². The summed E-state index contributed by atoms with van der Waals surface area (Å²) in [5.74, 6) is -0.497. The molecule has 0 amide bonds. The van der Waals surface area contributed by atoms with Gasteiger partial charge in [-0.05, 0) is 83.5 Å². The van der Waals surface area contributed by atoms with E-state index in [0.717, 1.165) is 77.0 Å². The molecular weight excluding hydrogens is 813 g/mol. The van der Waals surface area contributed by atoms with Crippen LogP contribution in [0.1, 0.15) is 265 Å². The highest BCUT2D eigenvalue weighted by molar-refractivity contribution is 5.70. The lowest BCUT2D eigenvalue weighted by atomic mass is 10.0. The van der Waals surface area contributed by atoms with Gasteiger partial charge < -0.3 is 14.2 Å². The molecule has 0 aromatic rings. The van der Waals surface area contributed by atoms with Gasteiger partial charge >= 0.3 is 11.9 Å². The number of hydrogen-bond acceptors (Lipinski definition) is 5. The molecule has 0 spiro atoms. The Morgan fingerprint density at radius 2 is 0.712 bits per heavy atom. The first-order valence-electron chi connectivity index (χ1n) is 28.1. The molecule has 0 aliphatic carbocycles. The second kappa shape index (κ2) is 56.4. The van der Waals surface area contributed by atoms with Crippen molar-refractivity contribution in [2.45, 2.75) is 271 Å². The number of carbonyl (C=O) groups is 2. The average Bonchev–Trinajstić information content (AvgIpc) is 3.32. The molecule has 0 rings (SSSR count). The van der Waals surface area contributed by atoms with E-state index in [1.807, 2.05) is 6.08 Å². The second-order valence-electron chi connectivity index (χ2n) is 18.5. The molecule has 0 saturated carbocycles. The smallest absolute Gasteiger partial charge is 0.306 e. The van der Waals surface area contributed by atoms with E-state index in [2.05, 4.69) is 99.8 Å². The molecule has 5 nitrogen and oxygen atoms in total. The molecule has 0 aromatic carbocycles. The van der Waals surface area contributed by atoms with Gasteiger partial charge in [-0.3, -0.25) is 9.59 Å². The van der Waals surface area contributed by atoms with Crippen molar-refractivity contribution >= 4 is 11.9 Å². The Labute approximate surface area is 409 Å². The van der Waals surface area contributed by atoms with Crippen LogP contribution in [0.2, 0.25) is 0 Å². The predicted octanol–water partition coefficient (Wildman–Crippen LogP) is 19.2. The van der Waals surface area contributed by atoms with Crippen molar-refractivity contribution in [1.82, 2.24) is 0 Å². The Bertz CT molecular complexity index is 1220. The molecule has 5 heteroatoms. The molecule has 0 heterocycles. The molecule has 66 heavy (non-hydrogen) atoms. The molecular formula is C61H106O5. The largest absolute Gasteiger partial charge is 0.462 e. The summed E-state index contributed by atoms with van der Waals surface area (Å²) in [5.41, 5.74) is 0. The maximum absolute atomic E-state index is 12.8. The Morgan fingerprint density at radius 1 is 0.348 bits per heavy atom. The highest BCUT2D eigenvalue weighted by Gasteiger charge is 2.17. The minimum Gasteiger partial charge on any atom is -0.462 e. The van der Waals surface area contributed by atoms with Gasteiger partial charge in [0.1, 0.15) is 6.61 Å². The molecule has 0 aromatic heterocycles. The number of carbonyl (C=O) groups excluding carboxylic acids is 2. The van der Waals surface area contributed by atoms with Crippen LogP contribution in [-0.2, 0) is 23.8 Å². The summed E-state index contributed by atoms with van der Waals surface area (Å²) in [6.45, 7) is 7.65. The Hall–Kier alpha value is -2.92. The fourth-order valence-electron chi connectivity index (χ4n) is 7.77. The van der Waals surface area contributed by atoms with E-state index in [1.54, 1.807) is 0 Å². The lowest BCUT2D eigenvalue weighted by Gasteiger charge is -2.18. The van der Waals surface area contributed by atoms with Crippen molar-refractivity contribution in [1.29, 1.82) is 0 Å². The zero-order valence-corrected chi connectivity index (χ0v) is 43.7. The summed E-state index contributed by atoms with van der Waals surface area (Å²) in [6.07, 6.45) is 74.7. The summed E-state index contributed by atoms with van der Waals surface area (Å²) in [7, 11) is 0. The first kappa shape index (κ1) is 63.1. The first-order valence-corrected chi connectivity index (χ1v) is 28.1. The molecule has 0 radical (unpaired) electrons. The van der Waals surface area contributed by atoms with Crippen LogP contribution >= 0.6 is 0 Å². The first-order chi connectivity index (χ1) is 32.6. The van der Waals surface area contributed by atoms with E-state index in [-0.39, 0.29) is 25.2 Å². The molecule has 1 atom stereocenters. The van der Waals surface area contributed by atoms with Gasteiger partial charge in [0.2, 0.25) is 0 Å². The van der Waals surface area contributed by atoms with Crippen LogP contribution in [0.25, 0.3) is 0 Å². The maximum atomic E-state index is 12.8. The van der Waals surface area contributed by atoms with Crippen molar-refractivity contribution in [2.75, 3.05) is 19.8 Å². The van der Waals surface area contributed by atoms with E-state index in [1.165, 1.54) is 148 Å². The van der Waals surface area contributed by atoms with Crippen LogP contribution in [0.15, 0.2) is 85.1 Å². The molecule has 0 unspecified atom stereocenters. The number of allylic oxidation sites excluding steroid dienone is 14. The SMILES string of the molecule is CC/C=C\C/C=C\C/C=C\C/C=C\C/C=C\C/C=C\CCC(=O)O[C@H](COCCCCCCCCCCCCCCCCCC)COC(=O)CCCCCCC/C=C\CCCCCCCC. The fraction of sp³-hybridized carbons (Fsp3) is 0.738. The van der Waals surface area contributed by atoms with Gasteiger partial charge in [0.25, 0.3) is 0 Å². The fourth-order valence-corrected chi connectivity index (χ4v) is 7.77. The summed E-state index contributed by atoms with van der Waals surface area (Å²) in [4.78, 5) is 25.4. The Balaban J connectivity index is 4.40. The second-order valence-corrected chi connectivity index (χ2v) is 18.5. The molecule has 380 valence electrons. The zero-order valence-electron chi connectivity index (χ0n) is 43.7. The van der Waals surface area contributed by atoms with E-state index < -0.39 is 6.10 Å². The van der Waals surface area contributed by atoms with Crippen molar-refractivity contribution in [3.05, 3.63) is 85.1 Å². The molecule has 0 saturated heterocycles.